The maximum Gasteiger partial charge on any atom is 0.261 e. The second-order valence-electron chi connectivity index (χ2n) is 9.37. The Morgan fingerprint density at radius 1 is 0.973 bits per heavy atom. The van der Waals surface area contributed by atoms with Crippen molar-refractivity contribution in [3.8, 4) is 34.3 Å². The number of aromatic nitrogens is 4. The van der Waals surface area contributed by atoms with Gasteiger partial charge >= 0.3 is 0 Å². The summed E-state index contributed by atoms with van der Waals surface area (Å²) < 4.78 is 19.2. The van der Waals surface area contributed by atoms with Crippen LogP contribution in [0.4, 0.5) is 0 Å². The second kappa shape index (κ2) is 10.3. The zero-order valence-electron chi connectivity index (χ0n) is 20.8. The summed E-state index contributed by atoms with van der Waals surface area (Å²) >= 11 is 0. The first-order valence-corrected chi connectivity index (χ1v) is 13.2. The van der Waals surface area contributed by atoms with E-state index in [1.54, 1.807) is 7.11 Å². The third kappa shape index (κ3) is 4.84. The van der Waals surface area contributed by atoms with E-state index in [1.807, 2.05) is 36.4 Å². The van der Waals surface area contributed by atoms with E-state index < -0.39 is 0 Å². The fourth-order valence-corrected chi connectivity index (χ4v) is 5.37. The molecule has 1 saturated carbocycles. The number of hydrogen-bond acceptors (Lipinski definition) is 6. The van der Waals surface area contributed by atoms with Crippen molar-refractivity contribution >= 4 is 25.6 Å². The van der Waals surface area contributed by atoms with Crippen LogP contribution in [0.15, 0.2) is 71.3 Å². The number of rotatable bonds is 7. The molecule has 8 heteroatoms. The minimum atomic E-state index is 0.204. The van der Waals surface area contributed by atoms with E-state index in [9.17, 15) is 0 Å². The first-order chi connectivity index (χ1) is 18.2. The van der Waals surface area contributed by atoms with Crippen molar-refractivity contribution in [2.45, 2.75) is 44.8 Å². The Kier molecular flexibility index (Phi) is 6.62. The number of ether oxygens (including phenoxy) is 2. The molecule has 1 fully saturated rings. The molecule has 1 atom stereocenters. The van der Waals surface area contributed by atoms with Crippen LogP contribution in [-0.4, -0.2) is 26.8 Å². The van der Waals surface area contributed by atoms with Crippen LogP contribution in [0, 0.1) is 0 Å². The fraction of sp³-hybridized carbons (Fsp3) is 0.276. The molecule has 0 N–H and O–H groups in total. The van der Waals surface area contributed by atoms with E-state index in [4.69, 9.17) is 19.0 Å². The lowest BCUT2D eigenvalue weighted by Gasteiger charge is -2.25. The first-order valence-electron chi connectivity index (χ1n) is 12.7. The minimum absolute atomic E-state index is 0.204. The molecule has 0 bridgehead atoms. The number of para-hydroxylation sites is 1. The van der Waals surface area contributed by atoms with Gasteiger partial charge in [0.05, 0.1) is 23.7 Å². The molecule has 7 nitrogen and oxygen atoms in total. The number of benzene rings is 3. The van der Waals surface area contributed by atoms with Crippen LogP contribution >= 0.6 is 9.24 Å². The molecule has 3 aromatic carbocycles. The normalized spacial score (nSPS) is 14.2. The molecule has 6 rings (SSSR count). The Balaban J connectivity index is 1.22. The standard InChI is InChI=1S/C29H29N4O3P/c1-34-26-10-6-5-9-23(26)29-31-27(32-36-29)18-35-21-13-11-19(12-14-21)28-30-24-17-22(37)15-16-25(24)33(28)20-7-3-2-4-8-20/h5-6,9-17,20H,2-4,7-8,18,37H2,1H3. The van der Waals surface area contributed by atoms with Gasteiger partial charge in [0.2, 0.25) is 5.82 Å². The molecule has 1 unspecified atom stereocenters. The SMILES string of the molecule is COc1ccccc1-c1nc(COc2ccc(-c3nc4cc(P)ccc4n3C3CCCCC3)cc2)no1. The zero-order valence-corrected chi connectivity index (χ0v) is 21.9. The average molecular weight is 513 g/mol. The summed E-state index contributed by atoms with van der Waals surface area (Å²) in [7, 11) is 4.39. The van der Waals surface area contributed by atoms with Gasteiger partial charge in [-0.2, -0.15) is 4.98 Å². The maximum atomic E-state index is 5.96. The molecule has 0 spiro atoms. The molecule has 0 saturated heterocycles. The summed E-state index contributed by atoms with van der Waals surface area (Å²) in [5.41, 5.74) is 4.08. The topological polar surface area (TPSA) is 75.2 Å². The number of hydrogen-bond donors (Lipinski definition) is 0. The van der Waals surface area contributed by atoms with E-state index >= 15 is 0 Å². The predicted molar refractivity (Wildman–Crippen MR) is 147 cm³/mol. The van der Waals surface area contributed by atoms with Gasteiger partial charge in [-0.1, -0.05) is 42.6 Å². The molecular weight excluding hydrogens is 483 g/mol. The van der Waals surface area contributed by atoms with E-state index in [1.165, 1.54) is 37.6 Å². The summed E-state index contributed by atoms with van der Waals surface area (Å²) in [6.07, 6.45) is 6.26. The largest absolute Gasteiger partial charge is 0.496 e. The van der Waals surface area contributed by atoms with Gasteiger partial charge in [0, 0.05) is 11.6 Å². The molecular formula is C29H29N4O3P. The lowest BCUT2D eigenvalue weighted by Crippen LogP contribution is -2.14. The quantitative estimate of drug-likeness (QED) is 0.237. The molecule has 37 heavy (non-hydrogen) atoms. The minimum Gasteiger partial charge on any atom is -0.496 e. The zero-order chi connectivity index (χ0) is 25.2. The number of fused-ring (bicyclic) bond motifs is 1. The Hall–Kier alpha value is -3.70. The van der Waals surface area contributed by atoms with Gasteiger partial charge in [-0.15, -0.1) is 9.24 Å². The fourth-order valence-electron chi connectivity index (χ4n) is 5.12. The predicted octanol–water partition coefficient (Wildman–Crippen LogP) is 6.35. The molecule has 1 aliphatic rings. The molecule has 0 radical (unpaired) electrons. The lowest BCUT2D eigenvalue weighted by atomic mass is 9.95. The Bertz CT molecular complexity index is 1520. The van der Waals surface area contributed by atoms with Crippen molar-refractivity contribution < 1.29 is 14.0 Å². The van der Waals surface area contributed by atoms with Crippen molar-refractivity contribution in [3.63, 3.8) is 0 Å². The van der Waals surface area contributed by atoms with Crippen molar-refractivity contribution in [2.75, 3.05) is 7.11 Å². The highest BCUT2D eigenvalue weighted by Crippen LogP contribution is 2.36. The van der Waals surface area contributed by atoms with Gasteiger partial charge in [-0.3, -0.25) is 0 Å². The first kappa shape index (κ1) is 23.7. The van der Waals surface area contributed by atoms with Gasteiger partial charge in [-0.25, -0.2) is 4.98 Å². The monoisotopic (exact) mass is 512 g/mol. The highest BCUT2D eigenvalue weighted by molar-refractivity contribution is 7.27. The number of nitrogens with zero attached hydrogens (tertiary/aromatic N) is 4. The second-order valence-corrected chi connectivity index (χ2v) is 10.0. The summed E-state index contributed by atoms with van der Waals surface area (Å²) in [5.74, 6) is 3.31. The van der Waals surface area contributed by atoms with Crippen molar-refractivity contribution in [1.82, 2.24) is 19.7 Å². The van der Waals surface area contributed by atoms with E-state index in [0.717, 1.165) is 33.5 Å². The molecule has 1 aliphatic carbocycles. The van der Waals surface area contributed by atoms with Crippen LogP contribution in [0.1, 0.15) is 44.0 Å². The molecule has 5 aromatic rings. The van der Waals surface area contributed by atoms with Gasteiger partial charge in [0.15, 0.2) is 6.61 Å². The van der Waals surface area contributed by atoms with Gasteiger partial charge in [0.25, 0.3) is 5.89 Å². The van der Waals surface area contributed by atoms with E-state index in [-0.39, 0.29) is 6.61 Å². The third-order valence-electron chi connectivity index (χ3n) is 6.94. The van der Waals surface area contributed by atoms with Crippen LogP contribution in [0.5, 0.6) is 11.5 Å². The van der Waals surface area contributed by atoms with E-state index in [0.29, 0.717) is 23.5 Å². The Labute approximate surface area is 218 Å². The van der Waals surface area contributed by atoms with Gasteiger partial charge in [-0.05, 0) is 66.7 Å². The van der Waals surface area contributed by atoms with Crippen molar-refractivity contribution in [3.05, 3.63) is 72.6 Å². The van der Waals surface area contributed by atoms with Crippen LogP contribution in [-0.2, 0) is 6.61 Å². The molecule has 2 aromatic heterocycles. The van der Waals surface area contributed by atoms with Gasteiger partial charge < -0.3 is 18.6 Å². The maximum absolute atomic E-state index is 5.96. The summed E-state index contributed by atoms with van der Waals surface area (Å²) in [6, 6.07) is 22.6. The third-order valence-corrected chi connectivity index (χ3v) is 7.30. The van der Waals surface area contributed by atoms with Crippen LogP contribution < -0.4 is 14.8 Å². The average Bonchev–Trinajstić information content (AvgIpc) is 3.57. The highest BCUT2D eigenvalue weighted by Gasteiger charge is 2.22. The van der Waals surface area contributed by atoms with E-state index in [2.05, 4.69) is 54.3 Å². The molecule has 0 aliphatic heterocycles. The Morgan fingerprint density at radius 3 is 2.59 bits per heavy atom. The lowest BCUT2D eigenvalue weighted by molar-refractivity contribution is 0.287. The number of imidazole rings is 1. The van der Waals surface area contributed by atoms with Gasteiger partial charge in [0.1, 0.15) is 17.3 Å². The smallest absolute Gasteiger partial charge is 0.261 e. The van der Waals surface area contributed by atoms with Crippen LogP contribution in [0.3, 0.4) is 0 Å². The summed E-state index contributed by atoms with van der Waals surface area (Å²) in [5, 5.41) is 5.21. The van der Waals surface area contributed by atoms with Crippen LogP contribution in [0.25, 0.3) is 33.9 Å². The van der Waals surface area contributed by atoms with Crippen LogP contribution in [0.2, 0.25) is 0 Å². The summed E-state index contributed by atoms with van der Waals surface area (Å²) in [6.45, 7) is 0.204. The Morgan fingerprint density at radius 2 is 1.78 bits per heavy atom. The van der Waals surface area contributed by atoms with Crippen molar-refractivity contribution in [1.29, 1.82) is 0 Å². The molecule has 2 heterocycles. The summed E-state index contributed by atoms with van der Waals surface area (Å²) in [4.78, 5) is 9.52. The highest BCUT2D eigenvalue weighted by atomic mass is 31.0. The molecule has 188 valence electrons. The molecule has 0 amide bonds. The van der Waals surface area contributed by atoms with Crippen molar-refractivity contribution in [2.24, 2.45) is 0 Å². The number of methoxy groups -OCH3 is 1.